The predicted molar refractivity (Wildman–Crippen MR) is 106 cm³/mol. The zero-order valence-corrected chi connectivity index (χ0v) is 16.8. The molecule has 7 nitrogen and oxygen atoms in total. The summed E-state index contributed by atoms with van der Waals surface area (Å²) in [4.78, 5) is 24.5. The molecule has 1 unspecified atom stereocenters. The molecule has 2 aromatic rings. The fourth-order valence-corrected chi connectivity index (χ4v) is 2.56. The predicted octanol–water partition coefficient (Wildman–Crippen LogP) is 3.94. The first-order chi connectivity index (χ1) is 13.4. The lowest BCUT2D eigenvalue weighted by atomic mass is 10.1. The van der Waals surface area contributed by atoms with Crippen LogP contribution in [-0.4, -0.2) is 38.8 Å². The van der Waals surface area contributed by atoms with E-state index in [2.05, 4.69) is 5.32 Å². The molecular formula is C20H22ClNO6. The molecule has 0 fully saturated rings. The molecule has 1 N–H and O–H groups in total. The second-order valence-electron chi connectivity index (χ2n) is 5.68. The maximum Gasteiger partial charge on any atom is 0.341 e. The van der Waals surface area contributed by atoms with Gasteiger partial charge in [-0.25, -0.2) is 4.79 Å². The van der Waals surface area contributed by atoms with Crippen molar-refractivity contribution in [1.82, 2.24) is 0 Å². The van der Waals surface area contributed by atoms with Gasteiger partial charge in [0.15, 0.2) is 6.10 Å². The maximum atomic E-state index is 12.5. The van der Waals surface area contributed by atoms with Gasteiger partial charge in [0, 0.05) is 12.1 Å². The summed E-state index contributed by atoms with van der Waals surface area (Å²) in [6.07, 6.45) is -0.807. The number of esters is 1. The van der Waals surface area contributed by atoms with E-state index in [1.165, 1.54) is 19.2 Å². The van der Waals surface area contributed by atoms with Crippen molar-refractivity contribution in [3.05, 3.63) is 47.0 Å². The second kappa shape index (κ2) is 9.85. The highest BCUT2D eigenvalue weighted by atomic mass is 35.5. The lowest BCUT2D eigenvalue weighted by molar-refractivity contribution is -0.122. The quantitative estimate of drug-likeness (QED) is 0.667. The van der Waals surface area contributed by atoms with Crippen molar-refractivity contribution in [2.75, 3.05) is 26.1 Å². The molecule has 0 bridgehead atoms. The van der Waals surface area contributed by atoms with Gasteiger partial charge in [0.25, 0.3) is 5.91 Å². The normalized spacial score (nSPS) is 11.3. The van der Waals surface area contributed by atoms with Crippen LogP contribution < -0.4 is 19.5 Å². The molecule has 0 aliphatic heterocycles. The Morgan fingerprint density at radius 2 is 1.82 bits per heavy atom. The van der Waals surface area contributed by atoms with E-state index < -0.39 is 18.0 Å². The van der Waals surface area contributed by atoms with Crippen LogP contribution in [-0.2, 0) is 9.53 Å². The van der Waals surface area contributed by atoms with Gasteiger partial charge >= 0.3 is 5.97 Å². The van der Waals surface area contributed by atoms with Crippen molar-refractivity contribution >= 4 is 29.2 Å². The van der Waals surface area contributed by atoms with Gasteiger partial charge in [-0.05, 0) is 32.0 Å². The van der Waals surface area contributed by atoms with E-state index in [1.807, 2.05) is 0 Å². The lowest BCUT2D eigenvalue weighted by Gasteiger charge is -2.17. The average molecular weight is 408 g/mol. The molecular weight excluding hydrogens is 386 g/mol. The Bertz CT molecular complexity index is 855. The van der Waals surface area contributed by atoms with E-state index >= 15 is 0 Å². The summed E-state index contributed by atoms with van der Waals surface area (Å²) in [5, 5.41) is 2.84. The summed E-state index contributed by atoms with van der Waals surface area (Å²) >= 11 is 6.22. The largest absolute Gasteiger partial charge is 0.497 e. The van der Waals surface area contributed by atoms with Crippen molar-refractivity contribution in [1.29, 1.82) is 0 Å². The molecule has 28 heavy (non-hydrogen) atoms. The minimum absolute atomic E-state index is 0.172. The van der Waals surface area contributed by atoms with E-state index in [9.17, 15) is 9.59 Å². The number of anilines is 1. The first-order valence-electron chi connectivity index (χ1n) is 8.55. The molecule has 0 aliphatic rings. The Kier molecular flexibility index (Phi) is 7.52. The first-order valence-corrected chi connectivity index (χ1v) is 8.93. The molecule has 150 valence electrons. The fourth-order valence-electron chi connectivity index (χ4n) is 2.35. The second-order valence-corrected chi connectivity index (χ2v) is 6.09. The zero-order valence-electron chi connectivity index (χ0n) is 16.1. The molecule has 0 saturated carbocycles. The number of nitrogens with one attached hydrogen (secondary N) is 1. The molecule has 0 spiro atoms. The highest BCUT2D eigenvalue weighted by Gasteiger charge is 2.20. The molecule has 0 aliphatic carbocycles. The number of halogens is 1. The smallest absolute Gasteiger partial charge is 0.341 e. The minimum Gasteiger partial charge on any atom is -0.497 e. The van der Waals surface area contributed by atoms with Crippen molar-refractivity contribution < 1.29 is 28.5 Å². The summed E-state index contributed by atoms with van der Waals surface area (Å²) in [7, 11) is 2.96. The van der Waals surface area contributed by atoms with Gasteiger partial charge in [-0.2, -0.15) is 0 Å². The maximum absolute atomic E-state index is 12.5. The SMILES string of the molecule is CCOC(=O)c1cc(Cl)c(NC(=O)C(C)Oc2cccc(OC)c2)cc1OC. The van der Waals surface area contributed by atoms with Crippen molar-refractivity contribution in [3.63, 3.8) is 0 Å². The molecule has 0 heterocycles. The summed E-state index contributed by atoms with van der Waals surface area (Å²) < 4.78 is 21.0. The average Bonchev–Trinajstić information content (AvgIpc) is 2.69. The third kappa shape index (κ3) is 5.29. The summed E-state index contributed by atoms with van der Waals surface area (Å²) in [5.41, 5.74) is 0.464. The molecule has 0 radical (unpaired) electrons. The van der Waals surface area contributed by atoms with Crippen LogP contribution in [0, 0.1) is 0 Å². The van der Waals surface area contributed by atoms with Gasteiger partial charge in [0.05, 0.1) is 31.5 Å². The standard InChI is InChI=1S/C20H22ClNO6/c1-5-27-20(24)15-10-16(21)17(11-18(15)26-4)22-19(23)12(2)28-14-8-6-7-13(9-14)25-3/h6-12H,5H2,1-4H3,(H,22,23). The van der Waals surface area contributed by atoms with Crippen LogP contribution in [0.3, 0.4) is 0 Å². The molecule has 1 atom stereocenters. The van der Waals surface area contributed by atoms with E-state index in [1.54, 1.807) is 45.2 Å². The minimum atomic E-state index is -0.807. The molecule has 2 rings (SSSR count). The van der Waals surface area contributed by atoms with Crippen LogP contribution in [0.2, 0.25) is 5.02 Å². The number of carbonyl (C=O) groups is 2. The van der Waals surface area contributed by atoms with Crippen molar-refractivity contribution in [2.24, 2.45) is 0 Å². The number of ether oxygens (including phenoxy) is 4. The van der Waals surface area contributed by atoms with E-state index in [-0.39, 0.29) is 28.6 Å². The van der Waals surface area contributed by atoms with Crippen LogP contribution in [0.15, 0.2) is 36.4 Å². The van der Waals surface area contributed by atoms with E-state index in [0.717, 1.165) is 0 Å². The van der Waals surface area contributed by atoms with Crippen LogP contribution in [0.1, 0.15) is 24.2 Å². The first kappa shape index (κ1) is 21.4. The highest BCUT2D eigenvalue weighted by Crippen LogP contribution is 2.32. The van der Waals surface area contributed by atoms with Gasteiger partial charge in [-0.3, -0.25) is 4.79 Å². The van der Waals surface area contributed by atoms with Gasteiger partial charge < -0.3 is 24.3 Å². The van der Waals surface area contributed by atoms with Crippen molar-refractivity contribution in [2.45, 2.75) is 20.0 Å². The Morgan fingerprint density at radius 3 is 2.46 bits per heavy atom. The summed E-state index contributed by atoms with van der Waals surface area (Å²) in [6, 6.07) is 9.78. The van der Waals surface area contributed by atoms with Gasteiger partial charge in [-0.1, -0.05) is 17.7 Å². The van der Waals surface area contributed by atoms with Crippen LogP contribution in [0.25, 0.3) is 0 Å². The molecule has 0 saturated heterocycles. The zero-order chi connectivity index (χ0) is 20.7. The third-order valence-corrected chi connectivity index (χ3v) is 4.08. The van der Waals surface area contributed by atoms with E-state index in [0.29, 0.717) is 11.5 Å². The lowest BCUT2D eigenvalue weighted by Crippen LogP contribution is -2.30. The highest BCUT2D eigenvalue weighted by molar-refractivity contribution is 6.34. The fraction of sp³-hybridized carbons (Fsp3) is 0.300. The Labute approximate surface area is 168 Å². The number of rotatable bonds is 8. The number of hydrogen-bond donors (Lipinski definition) is 1. The summed E-state index contributed by atoms with van der Waals surface area (Å²) in [6.45, 7) is 3.52. The molecule has 2 aromatic carbocycles. The Balaban J connectivity index is 2.14. The molecule has 0 aromatic heterocycles. The van der Waals surface area contributed by atoms with Crippen molar-refractivity contribution in [3.8, 4) is 17.2 Å². The topological polar surface area (TPSA) is 83.1 Å². The van der Waals surface area contributed by atoms with Crippen LogP contribution >= 0.6 is 11.6 Å². The number of amides is 1. The van der Waals surface area contributed by atoms with E-state index in [4.69, 9.17) is 30.5 Å². The van der Waals surface area contributed by atoms with Crippen LogP contribution in [0.4, 0.5) is 5.69 Å². The number of carbonyl (C=O) groups excluding carboxylic acids is 2. The number of methoxy groups -OCH3 is 2. The van der Waals surface area contributed by atoms with Gasteiger partial charge in [0.2, 0.25) is 0 Å². The number of hydrogen-bond acceptors (Lipinski definition) is 6. The molecule has 8 heteroatoms. The Hall–Kier alpha value is -2.93. The van der Waals surface area contributed by atoms with Gasteiger partial charge in [0.1, 0.15) is 22.8 Å². The monoisotopic (exact) mass is 407 g/mol. The number of benzene rings is 2. The molecule has 1 amide bonds. The Morgan fingerprint density at radius 1 is 1.11 bits per heavy atom. The third-order valence-electron chi connectivity index (χ3n) is 3.77. The van der Waals surface area contributed by atoms with Crippen LogP contribution in [0.5, 0.6) is 17.2 Å². The van der Waals surface area contributed by atoms with Gasteiger partial charge in [-0.15, -0.1) is 0 Å². The summed E-state index contributed by atoms with van der Waals surface area (Å²) in [5.74, 6) is 0.361.